The third-order valence-electron chi connectivity index (χ3n) is 4.65. The van der Waals surface area contributed by atoms with Gasteiger partial charge in [-0.25, -0.2) is 0 Å². The van der Waals surface area contributed by atoms with Crippen LogP contribution in [0.4, 0.5) is 0 Å². The van der Waals surface area contributed by atoms with Gasteiger partial charge in [-0.15, -0.1) is 0 Å². The van der Waals surface area contributed by atoms with Crippen LogP contribution in [0.5, 0.6) is 0 Å². The van der Waals surface area contributed by atoms with Crippen molar-refractivity contribution in [1.82, 2.24) is 5.32 Å². The molecule has 0 radical (unpaired) electrons. The van der Waals surface area contributed by atoms with E-state index in [4.69, 9.17) is 0 Å². The Balaban J connectivity index is 1.94. The van der Waals surface area contributed by atoms with Crippen LogP contribution in [0.3, 0.4) is 0 Å². The van der Waals surface area contributed by atoms with Crippen LogP contribution in [0.15, 0.2) is 0 Å². The zero-order valence-corrected chi connectivity index (χ0v) is 11.8. The maximum Gasteiger partial charge on any atom is 0.223 e. The summed E-state index contributed by atoms with van der Waals surface area (Å²) in [6.45, 7) is 9.10. The second-order valence-corrected chi connectivity index (χ2v) is 7.19. The Kier molecular flexibility index (Phi) is 3.51. The van der Waals surface area contributed by atoms with Crippen LogP contribution in [0, 0.1) is 23.2 Å². The van der Waals surface area contributed by atoms with Gasteiger partial charge in [-0.05, 0) is 36.5 Å². The van der Waals surface area contributed by atoms with Crippen molar-refractivity contribution in [2.24, 2.45) is 23.2 Å². The number of hydrogen-bond acceptors (Lipinski definition) is 1. The van der Waals surface area contributed by atoms with Crippen LogP contribution in [0.1, 0.15) is 59.8 Å². The van der Waals surface area contributed by atoms with Crippen LogP contribution >= 0.6 is 0 Å². The highest BCUT2D eigenvalue weighted by molar-refractivity contribution is 5.81. The first-order chi connectivity index (χ1) is 7.89. The molecule has 0 bridgehead atoms. The summed E-state index contributed by atoms with van der Waals surface area (Å²) in [6, 6.07) is 0.420. The third kappa shape index (κ3) is 3.02. The first-order valence-electron chi connectivity index (χ1n) is 7.20. The van der Waals surface area contributed by atoms with Gasteiger partial charge in [0.15, 0.2) is 0 Å². The quantitative estimate of drug-likeness (QED) is 0.784. The lowest BCUT2D eigenvalue weighted by Crippen LogP contribution is -2.47. The van der Waals surface area contributed by atoms with E-state index in [9.17, 15) is 4.79 Å². The Bertz CT molecular complexity index is 292. The van der Waals surface area contributed by atoms with Crippen molar-refractivity contribution >= 4 is 5.91 Å². The van der Waals surface area contributed by atoms with Crippen molar-refractivity contribution in [3.63, 3.8) is 0 Å². The van der Waals surface area contributed by atoms with Crippen LogP contribution in [-0.2, 0) is 4.79 Å². The van der Waals surface area contributed by atoms with Crippen molar-refractivity contribution in [2.75, 3.05) is 0 Å². The molecule has 0 spiro atoms. The number of nitrogens with one attached hydrogen (secondary N) is 1. The highest BCUT2D eigenvalue weighted by Crippen LogP contribution is 2.40. The Morgan fingerprint density at radius 3 is 2.29 bits per heavy atom. The Morgan fingerprint density at radius 1 is 1.18 bits per heavy atom. The summed E-state index contributed by atoms with van der Waals surface area (Å²) in [7, 11) is 0. The minimum atomic E-state index is 0.313. The monoisotopic (exact) mass is 237 g/mol. The number of hydrogen-bond donors (Lipinski definition) is 1. The van der Waals surface area contributed by atoms with Gasteiger partial charge in [-0.2, -0.15) is 0 Å². The molecular weight excluding hydrogens is 210 g/mol. The number of amides is 1. The van der Waals surface area contributed by atoms with E-state index >= 15 is 0 Å². The molecule has 0 aliphatic heterocycles. The van der Waals surface area contributed by atoms with Crippen molar-refractivity contribution in [1.29, 1.82) is 0 Å². The van der Waals surface area contributed by atoms with Crippen molar-refractivity contribution < 1.29 is 4.79 Å². The van der Waals surface area contributed by atoms with Gasteiger partial charge in [0.1, 0.15) is 0 Å². The topological polar surface area (TPSA) is 29.1 Å². The van der Waals surface area contributed by atoms with E-state index in [-0.39, 0.29) is 0 Å². The molecule has 2 nitrogen and oxygen atoms in total. The van der Waals surface area contributed by atoms with E-state index < -0.39 is 0 Å². The largest absolute Gasteiger partial charge is 0.353 e. The normalized spacial score (nSPS) is 37.6. The third-order valence-corrected chi connectivity index (χ3v) is 4.65. The van der Waals surface area contributed by atoms with Gasteiger partial charge in [0.25, 0.3) is 0 Å². The van der Waals surface area contributed by atoms with Gasteiger partial charge in [0.05, 0.1) is 0 Å². The molecule has 0 aromatic rings. The zero-order chi connectivity index (χ0) is 12.6. The van der Waals surface area contributed by atoms with Crippen molar-refractivity contribution in [2.45, 2.75) is 65.8 Å². The van der Waals surface area contributed by atoms with Gasteiger partial charge in [0.2, 0.25) is 5.91 Å². The SMILES string of the molecule is C[C@@H]1C[C@H]1C(=O)N[C@@H]1CCCC[C@@H]1C(C)(C)C. The molecular formula is C15H27NO. The highest BCUT2D eigenvalue weighted by Gasteiger charge is 2.42. The molecule has 4 atom stereocenters. The lowest BCUT2D eigenvalue weighted by Gasteiger charge is -2.40. The first kappa shape index (κ1) is 12.9. The molecule has 0 saturated heterocycles. The van der Waals surface area contributed by atoms with E-state index in [1.54, 1.807) is 0 Å². The fourth-order valence-corrected chi connectivity index (χ4v) is 3.32. The van der Waals surface area contributed by atoms with Gasteiger partial charge in [-0.1, -0.05) is 40.5 Å². The average Bonchev–Trinajstić information content (AvgIpc) is 2.95. The summed E-state index contributed by atoms with van der Waals surface area (Å²) >= 11 is 0. The van der Waals surface area contributed by atoms with Crippen LogP contribution in [0.2, 0.25) is 0 Å². The minimum Gasteiger partial charge on any atom is -0.353 e. The number of carbonyl (C=O) groups excluding carboxylic acids is 1. The van der Waals surface area contributed by atoms with Gasteiger partial charge < -0.3 is 5.32 Å². The molecule has 2 rings (SSSR count). The molecule has 0 heterocycles. The van der Waals surface area contributed by atoms with Crippen molar-refractivity contribution in [3.8, 4) is 0 Å². The molecule has 2 aliphatic carbocycles. The first-order valence-corrected chi connectivity index (χ1v) is 7.20. The molecule has 2 saturated carbocycles. The van der Waals surface area contributed by atoms with Gasteiger partial charge in [-0.3, -0.25) is 4.79 Å². The Hall–Kier alpha value is -0.530. The molecule has 1 amide bonds. The fraction of sp³-hybridized carbons (Fsp3) is 0.933. The maximum absolute atomic E-state index is 12.0. The number of rotatable bonds is 2. The molecule has 98 valence electrons. The molecule has 17 heavy (non-hydrogen) atoms. The summed E-state index contributed by atoms with van der Waals surface area (Å²) in [5, 5.41) is 3.33. The lowest BCUT2D eigenvalue weighted by molar-refractivity contribution is -0.124. The smallest absolute Gasteiger partial charge is 0.223 e. The van der Waals surface area contributed by atoms with E-state index in [1.165, 1.54) is 25.7 Å². The van der Waals surface area contributed by atoms with Crippen molar-refractivity contribution in [3.05, 3.63) is 0 Å². The predicted octanol–water partition coefficient (Wildman–Crippen LogP) is 3.36. The summed E-state index contributed by atoms with van der Waals surface area (Å²) in [5.41, 5.74) is 0.313. The van der Waals surface area contributed by atoms with Crippen LogP contribution < -0.4 is 5.32 Å². The molecule has 0 aromatic heterocycles. The molecule has 2 fully saturated rings. The summed E-state index contributed by atoms with van der Waals surface area (Å²) in [4.78, 5) is 12.0. The lowest BCUT2D eigenvalue weighted by atomic mass is 9.69. The number of carbonyl (C=O) groups is 1. The summed E-state index contributed by atoms with van der Waals surface area (Å²) in [6.07, 6.45) is 6.15. The second kappa shape index (κ2) is 4.62. The van der Waals surface area contributed by atoms with Crippen LogP contribution in [0.25, 0.3) is 0 Å². The maximum atomic E-state index is 12.0. The molecule has 2 aliphatic rings. The van der Waals surface area contributed by atoms with E-state index in [0.717, 1.165) is 6.42 Å². The summed E-state index contributed by atoms with van der Waals surface area (Å²) in [5.74, 6) is 1.90. The van der Waals surface area contributed by atoms with E-state index in [1.807, 2.05) is 0 Å². The van der Waals surface area contributed by atoms with E-state index in [2.05, 4.69) is 33.0 Å². The Labute approximate surface area is 106 Å². The molecule has 2 heteroatoms. The molecule has 1 N–H and O–H groups in total. The zero-order valence-electron chi connectivity index (χ0n) is 11.8. The molecule has 0 unspecified atom stereocenters. The minimum absolute atomic E-state index is 0.313. The van der Waals surface area contributed by atoms with Gasteiger partial charge in [0, 0.05) is 12.0 Å². The van der Waals surface area contributed by atoms with E-state index in [0.29, 0.717) is 35.1 Å². The van der Waals surface area contributed by atoms with Crippen LogP contribution in [-0.4, -0.2) is 11.9 Å². The standard InChI is InChI=1S/C15H27NO/c1-10-9-11(10)14(17)16-13-8-6-5-7-12(13)15(2,3)4/h10-13H,5-9H2,1-4H3,(H,16,17)/t10-,11-,12+,13-/m1/s1. The average molecular weight is 237 g/mol. The second-order valence-electron chi connectivity index (χ2n) is 7.19. The highest BCUT2D eigenvalue weighted by atomic mass is 16.2. The predicted molar refractivity (Wildman–Crippen MR) is 70.6 cm³/mol. The summed E-state index contributed by atoms with van der Waals surface area (Å²) < 4.78 is 0. The fourth-order valence-electron chi connectivity index (χ4n) is 3.32. The van der Waals surface area contributed by atoms with Gasteiger partial charge >= 0.3 is 0 Å². The molecule has 0 aromatic carbocycles. The Morgan fingerprint density at radius 2 is 1.76 bits per heavy atom.